The molecule has 0 aliphatic rings. The van der Waals surface area contributed by atoms with Crippen LogP contribution in [0.3, 0.4) is 0 Å². The van der Waals surface area contributed by atoms with Gasteiger partial charge in [0.05, 0.1) is 11.9 Å². The molecule has 1 atom stereocenters. The lowest BCUT2D eigenvalue weighted by molar-refractivity contribution is -0.116. The number of hydrogen-bond acceptors (Lipinski definition) is 3. The van der Waals surface area contributed by atoms with Crippen LogP contribution in [0, 0.1) is 5.82 Å². The summed E-state index contributed by atoms with van der Waals surface area (Å²) in [5, 5.41) is 2.68. The summed E-state index contributed by atoms with van der Waals surface area (Å²) < 4.78 is 39.3. The summed E-state index contributed by atoms with van der Waals surface area (Å²) in [7, 11) is -3.86. The first-order valence-corrected chi connectivity index (χ1v) is 10.1. The van der Waals surface area contributed by atoms with E-state index in [4.69, 9.17) is 0 Å². The summed E-state index contributed by atoms with van der Waals surface area (Å²) in [6.07, 6.45) is 0.945. The molecule has 0 spiro atoms. The third kappa shape index (κ3) is 4.60. The highest BCUT2D eigenvalue weighted by molar-refractivity contribution is 7.92. The molecule has 2 aromatic carbocycles. The molecule has 0 radical (unpaired) electrons. The topological polar surface area (TPSA) is 66.5 Å². The van der Waals surface area contributed by atoms with E-state index in [1.807, 2.05) is 12.1 Å². The SMILES string of the molecule is CC(C)c1ccc(NC(=O)[C@H](C)N(c2ccccc2F)S(C)(=O)=O)cc1. The van der Waals surface area contributed by atoms with Gasteiger partial charge < -0.3 is 5.32 Å². The molecule has 7 heteroatoms. The van der Waals surface area contributed by atoms with E-state index in [1.165, 1.54) is 25.1 Å². The van der Waals surface area contributed by atoms with Gasteiger partial charge in [0.15, 0.2) is 0 Å². The lowest BCUT2D eigenvalue weighted by atomic mass is 10.0. The molecule has 0 aliphatic carbocycles. The van der Waals surface area contributed by atoms with Gasteiger partial charge in [0, 0.05) is 5.69 Å². The molecular formula is C19H23FN2O3S. The summed E-state index contributed by atoms with van der Waals surface area (Å²) in [4.78, 5) is 12.6. The largest absolute Gasteiger partial charge is 0.324 e. The maximum absolute atomic E-state index is 14.1. The fraction of sp³-hybridized carbons (Fsp3) is 0.316. The van der Waals surface area contributed by atoms with Crippen LogP contribution in [0.1, 0.15) is 32.3 Å². The molecule has 0 bridgehead atoms. The lowest BCUT2D eigenvalue weighted by Gasteiger charge is -2.28. The van der Waals surface area contributed by atoms with Crippen molar-refractivity contribution in [3.63, 3.8) is 0 Å². The Bertz CT molecular complexity index is 880. The zero-order chi connectivity index (χ0) is 19.5. The second-order valence-electron chi connectivity index (χ2n) is 6.45. The van der Waals surface area contributed by atoms with Gasteiger partial charge in [-0.2, -0.15) is 0 Å². The average Bonchev–Trinajstić information content (AvgIpc) is 2.56. The Morgan fingerprint density at radius 3 is 2.12 bits per heavy atom. The summed E-state index contributed by atoms with van der Waals surface area (Å²) in [5.41, 5.74) is 1.52. The number of amides is 1. The summed E-state index contributed by atoms with van der Waals surface area (Å²) in [6, 6.07) is 11.7. The van der Waals surface area contributed by atoms with E-state index < -0.39 is 27.8 Å². The highest BCUT2D eigenvalue weighted by atomic mass is 32.2. The Kier molecular flexibility index (Phi) is 6.02. The van der Waals surface area contributed by atoms with Crippen LogP contribution in [0.15, 0.2) is 48.5 Å². The Balaban J connectivity index is 2.27. The molecule has 5 nitrogen and oxygen atoms in total. The Morgan fingerprint density at radius 1 is 1.04 bits per heavy atom. The number of rotatable bonds is 6. The van der Waals surface area contributed by atoms with Gasteiger partial charge in [-0.25, -0.2) is 12.8 Å². The van der Waals surface area contributed by atoms with Crippen molar-refractivity contribution >= 4 is 27.3 Å². The highest BCUT2D eigenvalue weighted by Gasteiger charge is 2.30. The van der Waals surface area contributed by atoms with E-state index in [2.05, 4.69) is 19.2 Å². The predicted octanol–water partition coefficient (Wildman–Crippen LogP) is 3.74. The summed E-state index contributed by atoms with van der Waals surface area (Å²) in [6.45, 7) is 5.55. The van der Waals surface area contributed by atoms with E-state index in [9.17, 15) is 17.6 Å². The first kappa shape index (κ1) is 19.9. The molecule has 1 amide bonds. The normalized spacial score (nSPS) is 12.7. The van der Waals surface area contributed by atoms with Crippen LogP contribution in [-0.4, -0.2) is 26.6 Å². The van der Waals surface area contributed by atoms with Crippen LogP contribution in [0.4, 0.5) is 15.8 Å². The molecular weight excluding hydrogens is 355 g/mol. The van der Waals surface area contributed by atoms with Crippen molar-refractivity contribution in [2.45, 2.75) is 32.7 Å². The van der Waals surface area contributed by atoms with Crippen LogP contribution >= 0.6 is 0 Å². The maximum Gasteiger partial charge on any atom is 0.247 e. The minimum Gasteiger partial charge on any atom is -0.324 e. The Morgan fingerprint density at radius 2 is 1.62 bits per heavy atom. The first-order chi connectivity index (χ1) is 12.1. The van der Waals surface area contributed by atoms with Crippen molar-refractivity contribution in [2.75, 3.05) is 15.9 Å². The molecule has 2 rings (SSSR count). The number of carbonyl (C=O) groups excluding carboxylic acids is 1. The van der Waals surface area contributed by atoms with Gasteiger partial charge >= 0.3 is 0 Å². The predicted molar refractivity (Wildman–Crippen MR) is 102 cm³/mol. The molecule has 0 heterocycles. The van der Waals surface area contributed by atoms with Crippen molar-refractivity contribution in [1.29, 1.82) is 0 Å². The van der Waals surface area contributed by atoms with Gasteiger partial charge in [-0.1, -0.05) is 38.1 Å². The van der Waals surface area contributed by atoms with E-state index in [1.54, 1.807) is 12.1 Å². The maximum atomic E-state index is 14.1. The summed E-state index contributed by atoms with van der Waals surface area (Å²) >= 11 is 0. The quantitative estimate of drug-likeness (QED) is 0.833. The third-order valence-corrected chi connectivity index (χ3v) is 5.25. The second-order valence-corrected chi connectivity index (χ2v) is 8.31. The second kappa shape index (κ2) is 7.86. The number of nitrogens with zero attached hydrogens (tertiary/aromatic N) is 1. The van der Waals surface area contributed by atoms with Gasteiger partial charge in [0.2, 0.25) is 15.9 Å². The van der Waals surface area contributed by atoms with Gasteiger partial charge in [-0.05, 0) is 42.7 Å². The lowest BCUT2D eigenvalue weighted by Crippen LogP contribution is -2.45. The fourth-order valence-corrected chi connectivity index (χ4v) is 3.79. The van der Waals surface area contributed by atoms with E-state index in [-0.39, 0.29) is 5.69 Å². The molecule has 0 saturated carbocycles. The van der Waals surface area contributed by atoms with Crippen LogP contribution in [0.2, 0.25) is 0 Å². The third-order valence-electron chi connectivity index (χ3n) is 4.02. The molecule has 2 aromatic rings. The number of nitrogens with one attached hydrogen (secondary N) is 1. The number of para-hydroxylation sites is 1. The highest BCUT2D eigenvalue weighted by Crippen LogP contribution is 2.25. The van der Waals surface area contributed by atoms with Gasteiger partial charge in [-0.3, -0.25) is 9.10 Å². The van der Waals surface area contributed by atoms with Crippen molar-refractivity contribution in [1.82, 2.24) is 0 Å². The molecule has 0 aromatic heterocycles. The number of anilines is 2. The van der Waals surface area contributed by atoms with Crippen LogP contribution in [0.25, 0.3) is 0 Å². The first-order valence-electron chi connectivity index (χ1n) is 8.26. The molecule has 0 unspecified atom stereocenters. The van der Waals surface area contributed by atoms with Crippen LogP contribution in [-0.2, 0) is 14.8 Å². The minimum absolute atomic E-state index is 0.159. The van der Waals surface area contributed by atoms with Crippen molar-refractivity contribution in [3.05, 3.63) is 59.9 Å². The van der Waals surface area contributed by atoms with Crippen LogP contribution < -0.4 is 9.62 Å². The van der Waals surface area contributed by atoms with E-state index in [0.717, 1.165) is 22.2 Å². The van der Waals surface area contributed by atoms with Gasteiger partial charge in [0.1, 0.15) is 11.9 Å². The van der Waals surface area contributed by atoms with Crippen molar-refractivity contribution < 1.29 is 17.6 Å². The molecule has 1 N–H and O–H groups in total. The smallest absolute Gasteiger partial charge is 0.247 e. The monoisotopic (exact) mass is 378 g/mol. The van der Waals surface area contributed by atoms with Gasteiger partial charge in [0.25, 0.3) is 0 Å². The number of benzene rings is 2. The number of halogens is 1. The zero-order valence-electron chi connectivity index (χ0n) is 15.2. The molecule has 140 valence electrons. The van der Waals surface area contributed by atoms with E-state index >= 15 is 0 Å². The van der Waals surface area contributed by atoms with E-state index in [0.29, 0.717) is 11.6 Å². The van der Waals surface area contributed by atoms with Crippen molar-refractivity contribution in [2.24, 2.45) is 0 Å². The molecule has 0 aliphatic heterocycles. The fourth-order valence-electron chi connectivity index (χ4n) is 2.61. The summed E-state index contributed by atoms with van der Waals surface area (Å²) in [5.74, 6) is -0.893. The zero-order valence-corrected chi connectivity index (χ0v) is 16.0. The average molecular weight is 378 g/mol. The number of carbonyl (C=O) groups is 1. The Hall–Kier alpha value is -2.41. The van der Waals surface area contributed by atoms with Crippen molar-refractivity contribution in [3.8, 4) is 0 Å². The molecule has 0 saturated heterocycles. The standard InChI is InChI=1S/C19H23FN2O3S/c1-13(2)15-9-11-16(12-10-15)21-19(23)14(3)22(26(4,24)25)18-8-6-5-7-17(18)20/h5-14H,1-4H3,(H,21,23)/t14-/m0/s1. The van der Waals surface area contributed by atoms with Gasteiger partial charge in [-0.15, -0.1) is 0 Å². The van der Waals surface area contributed by atoms with Crippen LogP contribution in [0.5, 0.6) is 0 Å². The molecule has 26 heavy (non-hydrogen) atoms. The Labute approximate surface area is 153 Å². The number of hydrogen-bond donors (Lipinski definition) is 1. The minimum atomic E-state index is -3.86. The number of sulfonamides is 1. The molecule has 0 fully saturated rings.